The van der Waals surface area contributed by atoms with E-state index < -0.39 is 17.8 Å². The van der Waals surface area contributed by atoms with Gasteiger partial charge >= 0.3 is 6.18 Å². The molecule has 9 heteroatoms. The molecule has 0 radical (unpaired) electrons. The number of likely N-dealkylation sites (N-methyl/N-ethyl adjacent to an activating group) is 1. The van der Waals surface area contributed by atoms with Crippen LogP contribution in [0.1, 0.15) is 17.3 Å². The molecule has 0 saturated heterocycles. The van der Waals surface area contributed by atoms with Gasteiger partial charge in [0.2, 0.25) is 11.8 Å². The first-order valence-electron chi connectivity index (χ1n) is 7.19. The summed E-state index contributed by atoms with van der Waals surface area (Å²) in [5, 5.41) is 17.5. The summed E-state index contributed by atoms with van der Waals surface area (Å²) in [6.07, 6.45) is -5.20. The van der Waals surface area contributed by atoms with Crippen molar-refractivity contribution in [3.8, 4) is 5.75 Å². The van der Waals surface area contributed by atoms with Crippen LogP contribution in [0, 0.1) is 6.92 Å². The van der Waals surface area contributed by atoms with Crippen LogP contribution in [0.4, 0.5) is 13.2 Å². The third-order valence-corrected chi connectivity index (χ3v) is 3.12. The molecule has 2 aromatic rings. The van der Waals surface area contributed by atoms with E-state index in [1.807, 2.05) is 0 Å². The molecule has 24 heavy (non-hydrogen) atoms. The van der Waals surface area contributed by atoms with Crippen molar-refractivity contribution in [3.63, 3.8) is 0 Å². The molecule has 1 aromatic carbocycles. The van der Waals surface area contributed by atoms with Crippen LogP contribution in [0.15, 0.2) is 28.7 Å². The van der Waals surface area contributed by atoms with Crippen molar-refractivity contribution in [1.82, 2.24) is 15.1 Å². The topological polar surface area (TPSA) is 71.6 Å². The van der Waals surface area contributed by atoms with Crippen molar-refractivity contribution in [2.45, 2.75) is 25.7 Å². The summed E-state index contributed by atoms with van der Waals surface area (Å²) < 4.78 is 47.9. The molecule has 132 valence electrons. The first kappa shape index (κ1) is 18.2. The third kappa shape index (κ3) is 5.50. The maximum absolute atomic E-state index is 12.5. The second kappa shape index (κ2) is 7.63. The molecule has 1 N–H and O–H groups in total. The fraction of sp³-hybridized carbons (Fsp3) is 0.467. The Hall–Kier alpha value is -2.13. The van der Waals surface area contributed by atoms with Crippen molar-refractivity contribution >= 4 is 0 Å². The molecule has 0 aliphatic rings. The molecule has 0 fully saturated rings. The average molecular weight is 345 g/mol. The molecule has 0 amide bonds. The predicted molar refractivity (Wildman–Crippen MR) is 78.3 cm³/mol. The summed E-state index contributed by atoms with van der Waals surface area (Å²) in [4.78, 5) is 1.77. The quantitative estimate of drug-likeness (QED) is 0.830. The molecule has 1 unspecified atom stereocenters. The van der Waals surface area contributed by atoms with Gasteiger partial charge in [0.1, 0.15) is 18.5 Å². The van der Waals surface area contributed by atoms with Gasteiger partial charge in [-0.15, -0.1) is 10.2 Å². The number of alkyl halides is 3. The van der Waals surface area contributed by atoms with E-state index in [1.54, 1.807) is 18.9 Å². The molecule has 1 aromatic heterocycles. The lowest BCUT2D eigenvalue weighted by atomic mass is 10.2. The first-order valence-corrected chi connectivity index (χ1v) is 7.19. The molecule has 0 aliphatic heterocycles. The van der Waals surface area contributed by atoms with Crippen molar-refractivity contribution in [3.05, 3.63) is 41.6 Å². The van der Waals surface area contributed by atoms with Crippen LogP contribution in [0.25, 0.3) is 0 Å². The Bertz CT molecular complexity index is 643. The van der Waals surface area contributed by atoms with E-state index in [1.165, 1.54) is 12.1 Å². The highest BCUT2D eigenvalue weighted by Gasteiger charge is 2.30. The van der Waals surface area contributed by atoms with Gasteiger partial charge in [-0.2, -0.15) is 13.2 Å². The van der Waals surface area contributed by atoms with E-state index in [0.29, 0.717) is 18.3 Å². The lowest BCUT2D eigenvalue weighted by Crippen LogP contribution is -2.32. The second-order valence-corrected chi connectivity index (χ2v) is 5.40. The van der Waals surface area contributed by atoms with E-state index in [-0.39, 0.29) is 18.9 Å². The van der Waals surface area contributed by atoms with E-state index >= 15 is 0 Å². The van der Waals surface area contributed by atoms with Crippen molar-refractivity contribution in [2.24, 2.45) is 0 Å². The lowest BCUT2D eigenvalue weighted by molar-refractivity contribution is -0.137. The number of aliphatic hydroxyl groups is 1. The number of ether oxygens (including phenoxy) is 1. The largest absolute Gasteiger partial charge is 0.491 e. The maximum Gasteiger partial charge on any atom is 0.416 e. The molecular weight excluding hydrogens is 327 g/mol. The second-order valence-electron chi connectivity index (χ2n) is 5.40. The van der Waals surface area contributed by atoms with Gasteiger partial charge in [-0.05, 0) is 31.3 Å². The number of halogens is 3. The van der Waals surface area contributed by atoms with Crippen molar-refractivity contribution in [2.75, 3.05) is 20.2 Å². The number of nitrogens with zero attached hydrogens (tertiary/aromatic N) is 3. The Labute approximate surface area is 136 Å². The monoisotopic (exact) mass is 345 g/mol. The number of aryl methyl sites for hydroxylation is 1. The van der Waals surface area contributed by atoms with E-state index in [4.69, 9.17) is 9.15 Å². The minimum absolute atomic E-state index is 0.0431. The Morgan fingerprint density at radius 2 is 1.92 bits per heavy atom. The molecule has 0 saturated carbocycles. The van der Waals surface area contributed by atoms with Crippen LogP contribution in [0.5, 0.6) is 5.75 Å². The van der Waals surface area contributed by atoms with Crippen LogP contribution in [-0.4, -0.2) is 46.5 Å². The van der Waals surface area contributed by atoms with E-state index in [2.05, 4.69) is 10.2 Å². The molecular formula is C15H18F3N3O3. The highest BCUT2D eigenvalue weighted by molar-refractivity contribution is 5.28. The fourth-order valence-corrected chi connectivity index (χ4v) is 2.04. The number of aliphatic hydroxyl groups excluding tert-OH is 1. The number of hydrogen-bond donors (Lipinski definition) is 1. The normalized spacial score (nSPS) is 13.3. The van der Waals surface area contributed by atoms with Crippen LogP contribution in [-0.2, 0) is 12.7 Å². The highest BCUT2D eigenvalue weighted by Crippen LogP contribution is 2.30. The van der Waals surface area contributed by atoms with E-state index in [0.717, 1.165) is 12.1 Å². The van der Waals surface area contributed by atoms with Gasteiger partial charge in [0.15, 0.2) is 0 Å². The van der Waals surface area contributed by atoms with E-state index in [9.17, 15) is 18.3 Å². The zero-order chi connectivity index (χ0) is 17.7. The van der Waals surface area contributed by atoms with Gasteiger partial charge in [0, 0.05) is 13.5 Å². The summed E-state index contributed by atoms with van der Waals surface area (Å²) in [5.41, 5.74) is -0.745. The first-order chi connectivity index (χ1) is 11.2. The Kier molecular flexibility index (Phi) is 5.79. The molecule has 0 bridgehead atoms. The number of rotatable bonds is 7. The van der Waals surface area contributed by atoms with Crippen LogP contribution < -0.4 is 4.74 Å². The average Bonchev–Trinajstić information content (AvgIpc) is 2.89. The standard InChI is InChI=1S/C15H18F3N3O3/c1-10-19-20-14(24-10)8-21(2)7-12(22)9-23-13-5-3-11(4-6-13)15(16,17)18/h3-6,12,22H,7-9H2,1-2H3. The zero-order valence-electron chi connectivity index (χ0n) is 13.2. The summed E-state index contributed by atoms with van der Waals surface area (Å²) in [5.74, 6) is 1.16. The Morgan fingerprint density at radius 3 is 2.46 bits per heavy atom. The van der Waals surface area contributed by atoms with Gasteiger partial charge in [-0.1, -0.05) is 0 Å². The van der Waals surface area contributed by atoms with Crippen LogP contribution in [0.2, 0.25) is 0 Å². The Morgan fingerprint density at radius 1 is 1.25 bits per heavy atom. The molecule has 0 spiro atoms. The third-order valence-electron chi connectivity index (χ3n) is 3.12. The van der Waals surface area contributed by atoms with Crippen LogP contribution in [0.3, 0.4) is 0 Å². The summed E-state index contributed by atoms with van der Waals surface area (Å²) >= 11 is 0. The summed E-state index contributed by atoms with van der Waals surface area (Å²) in [7, 11) is 1.76. The zero-order valence-corrected chi connectivity index (χ0v) is 13.2. The van der Waals surface area contributed by atoms with Gasteiger partial charge in [0.05, 0.1) is 12.1 Å². The predicted octanol–water partition coefficient (Wildman–Crippen LogP) is 2.27. The fourth-order valence-electron chi connectivity index (χ4n) is 2.04. The minimum Gasteiger partial charge on any atom is -0.491 e. The SMILES string of the molecule is Cc1nnc(CN(C)CC(O)COc2ccc(C(F)(F)F)cc2)o1. The number of aromatic nitrogens is 2. The number of hydrogen-bond acceptors (Lipinski definition) is 6. The summed E-state index contributed by atoms with van der Waals surface area (Å²) in [6, 6.07) is 4.32. The van der Waals surface area contributed by atoms with Gasteiger partial charge in [0.25, 0.3) is 0 Å². The number of benzene rings is 1. The summed E-state index contributed by atoms with van der Waals surface area (Å²) in [6.45, 7) is 2.29. The van der Waals surface area contributed by atoms with Gasteiger partial charge in [-0.3, -0.25) is 4.90 Å². The smallest absolute Gasteiger partial charge is 0.416 e. The van der Waals surface area contributed by atoms with Gasteiger partial charge < -0.3 is 14.3 Å². The molecule has 1 atom stereocenters. The van der Waals surface area contributed by atoms with Crippen LogP contribution >= 0.6 is 0 Å². The van der Waals surface area contributed by atoms with Crippen molar-refractivity contribution in [1.29, 1.82) is 0 Å². The van der Waals surface area contributed by atoms with Gasteiger partial charge in [-0.25, -0.2) is 0 Å². The lowest BCUT2D eigenvalue weighted by Gasteiger charge is -2.19. The minimum atomic E-state index is -4.38. The van der Waals surface area contributed by atoms with Crippen molar-refractivity contribution < 1.29 is 27.4 Å². The Balaban J connectivity index is 1.77. The highest BCUT2D eigenvalue weighted by atomic mass is 19.4. The molecule has 2 rings (SSSR count). The molecule has 1 heterocycles. The molecule has 0 aliphatic carbocycles. The molecule has 6 nitrogen and oxygen atoms in total. The maximum atomic E-state index is 12.5.